The van der Waals surface area contributed by atoms with Gasteiger partial charge in [-0.15, -0.1) is 0 Å². The predicted molar refractivity (Wildman–Crippen MR) is 93.4 cm³/mol. The van der Waals surface area contributed by atoms with Crippen LogP contribution in [0.25, 0.3) is 10.8 Å². The predicted octanol–water partition coefficient (Wildman–Crippen LogP) is 1.10. The van der Waals surface area contributed by atoms with Crippen molar-refractivity contribution >= 4 is 16.7 Å². The van der Waals surface area contributed by atoms with Gasteiger partial charge in [-0.05, 0) is 25.3 Å². The maximum Gasteiger partial charge on any atom is 0.274 e. The molecule has 1 N–H and O–H groups in total. The molecule has 134 valence electrons. The molecule has 1 aromatic heterocycles. The number of ether oxygens (including phenoxy) is 2. The number of aromatic nitrogens is 2. The maximum absolute atomic E-state index is 12.3. The third-order valence-electron chi connectivity index (χ3n) is 4.22. The van der Waals surface area contributed by atoms with E-state index < -0.39 is 0 Å². The molecule has 0 saturated carbocycles. The van der Waals surface area contributed by atoms with Gasteiger partial charge in [-0.1, -0.05) is 18.2 Å². The molecule has 1 unspecified atom stereocenters. The second kappa shape index (κ2) is 8.73. The topological polar surface area (TPSA) is 82.4 Å². The Balaban J connectivity index is 1.41. The fraction of sp³-hybridized carbons (Fsp3) is 0.500. The lowest BCUT2D eigenvalue weighted by molar-refractivity contribution is -0.127. The minimum absolute atomic E-state index is 0.0000916. The Morgan fingerprint density at radius 2 is 2.24 bits per heavy atom. The summed E-state index contributed by atoms with van der Waals surface area (Å²) in [6, 6.07) is 7.31. The molecule has 1 aliphatic rings. The van der Waals surface area contributed by atoms with Gasteiger partial charge >= 0.3 is 0 Å². The lowest BCUT2D eigenvalue weighted by atomic mass is 10.1. The molecule has 1 aliphatic heterocycles. The second-order valence-electron chi connectivity index (χ2n) is 6.11. The summed E-state index contributed by atoms with van der Waals surface area (Å²) >= 11 is 0. The highest BCUT2D eigenvalue weighted by atomic mass is 16.5. The fourth-order valence-electron chi connectivity index (χ4n) is 2.86. The van der Waals surface area contributed by atoms with Crippen LogP contribution in [-0.4, -0.2) is 48.2 Å². The minimum Gasteiger partial charge on any atom is -0.376 e. The Morgan fingerprint density at radius 3 is 3.08 bits per heavy atom. The van der Waals surface area contributed by atoms with E-state index in [1.165, 1.54) is 4.68 Å². The lowest BCUT2D eigenvalue weighted by Gasteiger charge is -2.22. The van der Waals surface area contributed by atoms with Gasteiger partial charge in [-0.2, -0.15) is 5.10 Å². The molecule has 1 saturated heterocycles. The molecule has 7 heteroatoms. The first kappa shape index (κ1) is 17.6. The first-order valence-corrected chi connectivity index (χ1v) is 8.65. The van der Waals surface area contributed by atoms with Gasteiger partial charge in [-0.3, -0.25) is 9.59 Å². The number of carbonyl (C=O) groups is 1. The number of fused-ring (bicyclic) bond motifs is 1. The summed E-state index contributed by atoms with van der Waals surface area (Å²) in [4.78, 5) is 24.1. The highest BCUT2D eigenvalue weighted by Gasteiger charge is 2.14. The number of hydrogen-bond acceptors (Lipinski definition) is 5. The van der Waals surface area contributed by atoms with Crippen LogP contribution in [-0.2, 0) is 20.8 Å². The number of amides is 1. The van der Waals surface area contributed by atoms with Gasteiger partial charge in [0.1, 0.15) is 6.61 Å². The van der Waals surface area contributed by atoms with Gasteiger partial charge in [0, 0.05) is 18.5 Å². The number of rotatable bonds is 7. The van der Waals surface area contributed by atoms with Crippen LogP contribution in [0, 0.1) is 0 Å². The lowest BCUT2D eigenvalue weighted by Crippen LogP contribution is -2.35. The van der Waals surface area contributed by atoms with Gasteiger partial charge in [0.25, 0.3) is 5.56 Å². The summed E-state index contributed by atoms with van der Waals surface area (Å²) in [6.07, 6.45) is 4.98. The van der Waals surface area contributed by atoms with Crippen LogP contribution in [0.3, 0.4) is 0 Å². The number of benzene rings is 1. The summed E-state index contributed by atoms with van der Waals surface area (Å²) < 4.78 is 12.3. The molecule has 7 nitrogen and oxygen atoms in total. The molecule has 0 bridgehead atoms. The first-order valence-electron chi connectivity index (χ1n) is 8.65. The fourth-order valence-corrected chi connectivity index (χ4v) is 2.86. The van der Waals surface area contributed by atoms with E-state index in [9.17, 15) is 9.59 Å². The van der Waals surface area contributed by atoms with Crippen LogP contribution in [0.5, 0.6) is 0 Å². The van der Waals surface area contributed by atoms with Crippen LogP contribution in [0.15, 0.2) is 35.3 Å². The third kappa shape index (κ3) is 4.87. The van der Waals surface area contributed by atoms with Crippen molar-refractivity contribution < 1.29 is 14.3 Å². The van der Waals surface area contributed by atoms with Crippen molar-refractivity contribution in [1.29, 1.82) is 0 Å². The van der Waals surface area contributed by atoms with E-state index in [2.05, 4.69) is 10.4 Å². The molecule has 25 heavy (non-hydrogen) atoms. The van der Waals surface area contributed by atoms with Crippen LogP contribution in [0.2, 0.25) is 0 Å². The molecule has 0 spiro atoms. The monoisotopic (exact) mass is 345 g/mol. The SMILES string of the molecule is O=C(COCC1CCCCO1)NCCn1ncc2ccccc2c1=O. The van der Waals surface area contributed by atoms with Crippen molar-refractivity contribution in [2.75, 3.05) is 26.4 Å². The highest BCUT2D eigenvalue weighted by Crippen LogP contribution is 2.12. The summed E-state index contributed by atoms with van der Waals surface area (Å²) in [5, 5.41) is 8.31. The van der Waals surface area contributed by atoms with E-state index in [-0.39, 0.29) is 24.2 Å². The second-order valence-corrected chi connectivity index (χ2v) is 6.11. The zero-order valence-electron chi connectivity index (χ0n) is 14.1. The molecule has 2 aromatic rings. The van der Waals surface area contributed by atoms with E-state index in [0.717, 1.165) is 31.3 Å². The summed E-state index contributed by atoms with van der Waals surface area (Å²) in [6.45, 7) is 1.86. The van der Waals surface area contributed by atoms with Crippen molar-refractivity contribution in [2.24, 2.45) is 0 Å². The molecule has 1 aromatic carbocycles. The minimum atomic E-state index is -0.204. The van der Waals surface area contributed by atoms with Crippen LogP contribution >= 0.6 is 0 Å². The van der Waals surface area contributed by atoms with Crippen molar-refractivity contribution in [3.05, 3.63) is 40.8 Å². The third-order valence-corrected chi connectivity index (χ3v) is 4.22. The average Bonchev–Trinajstić information content (AvgIpc) is 2.65. The molecular weight excluding hydrogens is 322 g/mol. The van der Waals surface area contributed by atoms with Crippen molar-refractivity contribution in [2.45, 2.75) is 31.9 Å². The van der Waals surface area contributed by atoms with E-state index >= 15 is 0 Å². The average molecular weight is 345 g/mol. The Hall–Kier alpha value is -2.25. The highest BCUT2D eigenvalue weighted by molar-refractivity contribution is 5.80. The van der Waals surface area contributed by atoms with E-state index in [1.54, 1.807) is 12.3 Å². The number of nitrogens with one attached hydrogen (secondary N) is 1. The molecule has 0 radical (unpaired) electrons. The standard InChI is InChI=1S/C18H23N3O4/c22-17(13-24-12-15-6-3-4-10-25-15)19-8-9-21-18(23)16-7-2-1-5-14(16)11-20-21/h1-2,5,7,11,15H,3-4,6,8-10,12-13H2,(H,19,22). The van der Waals surface area contributed by atoms with Crippen LogP contribution in [0.4, 0.5) is 0 Å². The molecule has 1 fully saturated rings. The molecule has 1 atom stereocenters. The van der Waals surface area contributed by atoms with Crippen molar-refractivity contribution in [3.8, 4) is 0 Å². The van der Waals surface area contributed by atoms with Crippen molar-refractivity contribution in [1.82, 2.24) is 15.1 Å². The normalized spacial score (nSPS) is 17.5. The Kier molecular flexibility index (Phi) is 6.14. The van der Waals surface area contributed by atoms with Crippen LogP contribution < -0.4 is 10.9 Å². The Morgan fingerprint density at radius 1 is 1.36 bits per heavy atom. The molecule has 2 heterocycles. The summed E-state index contributed by atoms with van der Waals surface area (Å²) in [7, 11) is 0. The number of hydrogen-bond donors (Lipinski definition) is 1. The van der Waals surface area contributed by atoms with E-state index in [1.807, 2.05) is 18.2 Å². The Labute approximate surface area is 145 Å². The largest absolute Gasteiger partial charge is 0.376 e. The smallest absolute Gasteiger partial charge is 0.274 e. The van der Waals surface area contributed by atoms with Gasteiger partial charge in [0.15, 0.2) is 0 Å². The van der Waals surface area contributed by atoms with E-state index in [0.29, 0.717) is 25.1 Å². The summed E-state index contributed by atoms with van der Waals surface area (Å²) in [5.41, 5.74) is -0.155. The van der Waals surface area contributed by atoms with Gasteiger partial charge in [-0.25, -0.2) is 4.68 Å². The molecule has 0 aliphatic carbocycles. The maximum atomic E-state index is 12.3. The molecular formula is C18H23N3O4. The molecule has 3 rings (SSSR count). The van der Waals surface area contributed by atoms with Gasteiger partial charge < -0.3 is 14.8 Å². The summed E-state index contributed by atoms with van der Waals surface area (Å²) in [5.74, 6) is -0.204. The zero-order chi connectivity index (χ0) is 17.5. The van der Waals surface area contributed by atoms with Gasteiger partial charge in [0.05, 0.1) is 30.8 Å². The first-order chi connectivity index (χ1) is 12.2. The number of carbonyl (C=O) groups excluding carboxylic acids is 1. The zero-order valence-corrected chi connectivity index (χ0v) is 14.1. The van der Waals surface area contributed by atoms with Crippen molar-refractivity contribution in [3.63, 3.8) is 0 Å². The van der Waals surface area contributed by atoms with Crippen LogP contribution in [0.1, 0.15) is 19.3 Å². The Bertz CT molecular complexity index is 768. The number of nitrogens with zero attached hydrogens (tertiary/aromatic N) is 2. The van der Waals surface area contributed by atoms with E-state index in [4.69, 9.17) is 9.47 Å². The quantitative estimate of drug-likeness (QED) is 0.812. The molecule has 1 amide bonds. The van der Waals surface area contributed by atoms with Gasteiger partial charge in [0.2, 0.25) is 5.91 Å².